The first-order chi connectivity index (χ1) is 8.66. The van der Waals surface area contributed by atoms with E-state index in [1.807, 2.05) is 24.3 Å². The Hall–Kier alpha value is -2.62. The Morgan fingerprint density at radius 3 is 2.67 bits per heavy atom. The number of aromatic carboxylic acids is 1. The molecule has 2 aliphatic rings. The number of fused-ring (bicyclic) bond motifs is 2. The minimum atomic E-state index is -1.20. The average molecular weight is 239 g/mol. The van der Waals surface area contributed by atoms with Gasteiger partial charge in [0.15, 0.2) is 0 Å². The Bertz CT molecular complexity index is 789. The normalized spacial score (nSPS) is 10.9. The molecule has 2 N–H and O–H groups in total. The van der Waals surface area contributed by atoms with E-state index in [0.717, 1.165) is 10.9 Å². The highest BCUT2D eigenvalue weighted by Crippen LogP contribution is 2.22. The van der Waals surface area contributed by atoms with Crippen molar-refractivity contribution >= 4 is 16.9 Å². The quantitative estimate of drug-likeness (QED) is 0.640. The van der Waals surface area contributed by atoms with Crippen molar-refractivity contribution in [2.24, 2.45) is 0 Å². The van der Waals surface area contributed by atoms with Crippen LogP contribution in [0.3, 0.4) is 0 Å². The first-order valence-electron chi connectivity index (χ1n) is 5.45. The third-order valence-electron chi connectivity index (χ3n) is 2.96. The van der Waals surface area contributed by atoms with E-state index in [1.165, 1.54) is 6.07 Å². The molecule has 0 atom stereocenters. The van der Waals surface area contributed by atoms with Gasteiger partial charge in [0.25, 0.3) is 0 Å². The number of carbonyl (C=O) groups is 1. The molecular formula is C14H9NO3. The number of carboxylic acid groups (broad SMARTS) is 1. The topological polar surface area (TPSA) is 70.2 Å². The molecule has 0 unspecified atom stereocenters. The first kappa shape index (κ1) is 10.5. The summed E-state index contributed by atoms with van der Waals surface area (Å²) in [7, 11) is 0. The molecule has 1 aromatic rings. The fourth-order valence-electron chi connectivity index (χ4n) is 2.06. The van der Waals surface area contributed by atoms with E-state index in [0.29, 0.717) is 11.3 Å². The lowest BCUT2D eigenvalue weighted by Crippen LogP contribution is -2.17. The fraction of sp³-hybridized carbons (Fsp3) is 0. The summed E-state index contributed by atoms with van der Waals surface area (Å²) >= 11 is 0. The lowest BCUT2D eigenvalue weighted by molar-refractivity contribution is 0.0695. The van der Waals surface area contributed by atoms with Crippen LogP contribution in [-0.4, -0.2) is 16.1 Å². The number of aromatic nitrogens is 1. The van der Waals surface area contributed by atoms with Crippen molar-refractivity contribution < 1.29 is 9.90 Å². The van der Waals surface area contributed by atoms with Gasteiger partial charge >= 0.3 is 5.97 Å². The number of aromatic amines is 1. The van der Waals surface area contributed by atoms with Crippen LogP contribution in [0.5, 0.6) is 0 Å². The van der Waals surface area contributed by atoms with Gasteiger partial charge in [-0.1, -0.05) is 18.2 Å². The second-order valence-corrected chi connectivity index (χ2v) is 4.07. The van der Waals surface area contributed by atoms with Crippen LogP contribution in [-0.2, 0) is 0 Å². The molecule has 0 aromatic heterocycles. The van der Waals surface area contributed by atoms with E-state index >= 15 is 0 Å². The van der Waals surface area contributed by atoms with Crippen LogP contribution in [0, 0.1) is 0 Å². The van der Waals surface area contributed by atoms with E-state index in [2.05, 4.69) is 4.98 Å². The predicted octanol–water partition coefficient (Wildman–Crippen LogP) is 2.33. The molecule has 0 bridgehead atoms. The molecule has 4 nitrogen and oxygen atoms in total. The average Bonchev–Trinajstić information content (AvgIpc) is 2.37. The highest BCUT2D eigenvalue weighted by Gasteiger charge is 2.15. The zero-order valence-corrected chi connectivity index (χ0v) is 9.31. The van der Waals surface area contributed by atoms with Gasteiger partial charge in [-0.25, -0.2) is 4.79 Å². The maximum absolute atomic E-state index is 12.0. The molecule has 0 saturated heterocycles. The zero-order chi connectivity index (χ0) is 12.7. The SMILES string of the molecule is O=C(O)c1ccc2[nH]c3ccccc3cc-2c1=O. The molecule has 0 spiro atoms. The molecule has 0 fully saturated rings. The third kappa shape index (κ3) is 1.47. The Morgan fingerprint density at radius 2 is 1.89 bits per heavy atom. The number of H-pyrrole nitrogens is 1. The summed E-state index contributed by atoms with van der Waals surface area (Å²) in [6.07, 6.45) is 0. The van der Waals surface area contributed by atoms with E-state index in [1.54, 1.807) is 12.1 Å². The van der Waals surface area contributed by atoms with Gasteiger partial charge in [-0.15, -0.1) is 0 Å². The molecular weight excluding hydrogens is 230 g/mol. The van der Waals surface area contributed by atoms with Crippen molar-refractivity contribution in [3.8, 4) is 11.3 Å². The summed E-state index contributed by atoms with van der Waals surface area (Å²) in [5, 5.41) is 9.81. The highest BCUT2D eigenvalue weighted by molar-refractivity contribution is 5.92. The predicted molar refractivity (Wildman–Crippen MR) is 68.2 cm³/mol. The van der Waals surface area contributed by atoms with Crippen LogP contribution in [0.1, 0.15) is 10.4 Å². The van der Waals surface area contributed by atoms with E-state index < -0.39 is 11.4 Å². The molecule has 1 aromatic carbocycles. The van der Waals surface area contributed by atoms with Crippen LogP contribution in [0.2, 0.25) is 0 Å². The smallest absolute Gasteiger partial charge is 0.339 e. The van der Waals surface area contributed by atoms with Crippen molar-refractivity contribution in [3.05, 3.63) is 58.3 Å². The Morgan fingerprint density at radius 1 is 1.11 bits per heavy atom. The van der Waals surface area contributed by atoms with Gasteiger partial charge < -0.3 is 10.1 Å². The van der Waals surface area contributed by atoms with Crippen LogP contribution < -0.4 is 5.43 Å². The van der Waals surface area contributed by atoms with Gasteiger partial charge in [0, 0.05) is 16.8 Å². The number of para-hydroxylation sites is 1. The highest BCUT2D eigenvalue weighted by atomic mass is 16.4. The molecule has 0 saturated carbocycles. The van der Waals surface area contributed by atoms with Crippen LogP contribution >= 0.6 is 0 Å². The molecule has 88 valence electrons. The van der Waals surface area contributed by atoms with Gasteiger partial charge in [0.1, 0.15) is 5.56 Å². The van der Waals surface area contributed by atoms with Gasteiger partial charge in [-0.2, -0.15) is 0 Å². The minimum Gasteiger partial charge on any atom is -0.478 e. The number of hydrogen-bond donors (Lipinski definition) is 2. The van der Waals surface area contributed by atoms with Gasteiger partial charge in [-0.05, 0) is 29.7 Å². The number of hydrogen-bond acceptors (Lipinski definition) is 2. The molecule has 1 heterocycles. The van der Waals surface area contributed by atoms with E-state index in [-0.39, 0.29) is 5.56 Å². The number of nitrogens with one attached hydrogen (secondary N) is 1. The van der Waals surface area contributed by atoms with Crippen LogP contribution in [0.25, 0.3) is 22.2 Å². The van der Waals surface area contributed by atoms with E-state index in [9.17, 15) is 9.59 Å². The van der Waals surface area contributed by atoms with Crippen molar-refractivity contribution in [1.82, 2.24) is 4.98 Å². The number of pyridine rings is 1. The summed E-state index contributed by atoms with van der Waals surface area (Å²) in [5.74, 6) is -1.20. The van der Waals surface area contributed by atoms with Crippen molar-refractivity contribution in [2.75, 3.05) is 0 Å². The second-order valence-electron chi connectivity index (χ2n) is 4.07. The maximum Gasteiger partial charge on any atom is 0.339 e. The lowest BCUT2D eigenvalue weighted by atomic mass is 10.0. The van der Waals surface area contributed by atoms with Crippen molar-refractivity contribution in [1.29, 1.82) is 0 Å². The standard InChI is InChI=1S/C14H9NO3/c16-13-9(14(17)18)5-6-12-10(13)7-8-3-1-2-4-11(8)15-12/h1-7,15H,(H,17,18). The van der Waals surface area contributed by atoms with Gasteiger partial charge in [-0.3, -0.25) is 4.79 Å². The Labute approximate surface area is 102 Å². The summed E-state index contributed by atoms with van der Waals surface area (Å²) in [4.78, 5) is 26.1. The number of rotatable bonds is 1. The molecule has 18 heavy (non-hydrogen) atoms. The Balaban J connectivity index is 2.45. The summed E-state index contributed by atoms with van der Waals surface area (Å²) in [6, 6.07) is 12.2. The van der Waals surface area contributed by atoms with Gasteiger partial charge in [0.2, 0.25) is 5.43 Å². The monoisotopic (exact) mass is 239 g/mol. The molecule has 1 aliphatic carbocycles. The summed E-state index contributed by atoms with van der Waals surface area (Å²) < 4.78 is 0. The lowest BCUT2D eigenvalue weighted by Gasteiger charge is -2.08. The van der Waals surface area contributed by atoms with Crippen molar-refractivity contribution in [3.63, 3.8) is 0 Å². The molecule has 4 heteroatoms. The second kappa shape index (κ2) is 3.70. The zero-order valence-electron chi connectivity index (χ0n) is 9.31. The maximum atomic E-state index is 12.0. The van der Waals surface area contributed by atoms with Gasteiger partial charge in [0.05, 0.1) is 0 Å². The molecule has 3 rings (SSSR count). The van der Waals surface area contributed by atoms with Crippen molar-refractivity contribution in [2.45, 2.75) is 0 Å². The number of benzene rings is 2. The number of carboxylic acids is 1. The molecule has 0 radical (unpaired) electrons. The fourth-order valence-corrected chi connectivity index (χ4v) is 2.06. The molecule has 1 aliphatic heterocycles. The summed E-state index contributed by atoms with van der Waals surface area (Å²) in [5.41, 5.74) is 1.29. The minimum absolute atomic E-state index is 0.203. The summed E-state index contributed by atoms with van der Waals surface area (Å²) in [6.45, 7) is 0. The largest absolute Gasteiger partial charge is 0.478 e. The Kier molecular flexibility index (Phi) is 2.16. The molecule has 0 amide bonds. The van der Waals surface area contributed by atoms with Crippen LogP contribution in [0.15, 0.2) is 47.3 Å². The first-order valence-corrected chi connectivity index (χ1v) is 5.45. The van der Waals surface area contributed by atoms with E-state index in [4.69, 9.17) is 5.11 Å². The third-order valence-corrected chi connectivity index (χ3v) is 2.96. The van der Waals surface area contributed by atoms with Crippen LogP contribution in [0.4, 0.5) is 0 Å².